The van der Waals surface area contributed by atoms with E-state index in [9.17, 15) is 19.2 Å². The number of carbonyl (C=O) groups excluding carboxylic acids is 4. The van der Waals surface area contributed by atoms with E-state index in [1.54, 1.807) is 34.8 Å². The third-order valence-electron chi connectivity index (χ3n) is 6.31. The Bertz CT molecular complexity index is 1710. The lowest BCUT2D eigenvalue weighted by atomic mass is 10.1. The van der Waals surface area contributed by atoms with Crippen molar-refractivity contribution in [2.45, 2.75) is 0 Å². The van der Waals surface area contributed by atoms with Gasteiger partial charge in [-0.05, 0) is 83.0 Å². The van der Waals surface area contributed by atoms with Crippen LogP contribution in [0.15, 0.2) is 108 Å². The second-order valence-corrected chi connectivity index (χ2v) is 11.0. The summed E-state index contributed by atoms with van der Waals surface area (Å²) in [7, 11) is 0. The fourth-order valence-electron chi connectivity index (χ4n) is 4.27. The first-order valence-corrected chi connectivity index (χ1v) is 13.5. The number of thiophene rings is 2. The average molecular weight is 531 g/mol. The SMILES string of the molecule is O=C1C=CC(=O)C1=Cc1ccc(-c2ccc(-c3ccc(-c4ccc(C=C5C(=O)C=CC5=O)s4)cc3)s2)cc1. The first-order valence-electron chi connectivity index (χ1n) is 11.8. The molecular formula is C32H18O4S2. The molecule has 6 heteroatoms. The summed E-state index contributed by atoms with van der Waals surface area (Å²) in [5, 5.41) is 0. The molecule has 0 amide bonds. The largest absolute Gasteiger partial charge is 0.289 e. The molecule has 0 bridgehead atoms. The molecule has 2 aromatic heterocycles. The molecule has 0 N–H and O–H groups in total. The predicted octanol–water partition coefficient (Wildman–Crippen LogP) is 6.99. The van der Waals surface area contributed by atoms with Gasteiger partial charge >= 0.3 is 0 Å². The molecule has 0 saturated heterocycles. The van der Waals surface area contributed by atoms with Crippen molar-refractivity contribution in [2.75, 3.05) is 0 Å². The van der Waals surface area contributed by atoms with Gasteiger partial charge in [-0.2, -0.15) is 0 Å². The Morgan fingerprint density at radius 2 is 0.816 bits per heavy atom. The van der Waals surface area contributed by atoms with Crippen molar-refractivity contribution >= 4 is 58.0 Å². The topological polar surface area (TPSA) is 68.3 Å². The van der Waals surface area contributed by atoms with E-state index in [1.807, 2.05) is 36.4 Å². The molecule has 0 aliphatic heterocycles. The van der Waals surface area contributed by atoms with Crippen LogP contribution in [0.5, 0.6) is 0 Å². The monoisotopic (exact) mass is 530 g/mol. The molecule has 0 saturated carbocycles. The molecule has 2 heterocycles. The van der Waals surface area contributed by atoms with Crippen LogP contribution in [-0.2, 0) is 19.2 Å². The van der Waals surface area contributed by atoms with Crippen LogP contribution in [0.1, 0.15) is 10.4 Å². The highest BCUT2D eigenvalue weighted by Crippen LogP contribution is 2.36. The highest BCUT2D eigenvalue weighted by molar-refractivity contribution is 7.18. The Hall–Kier alpha value is -4.52. The zero-order valence-corrected chi connectivity index (χ0v) is 21.5. The van der Waals surface area contributed by atoms with Gasteiger partial charge in [0.1, 0.15) is 0 Å². The second kappa shape index (κ2) is 9.74. The Labute approximate surface area is 226 Å². The van der Waals surface area contributed by atoms with Gasteiger partial charge in [0.05, 0.1) is 11.1 Å². The summed E-state index contributed by atoms with van der Waals surface area (Å²) in [6.45, 7) is 0. The van der Waals surface area contributed by atoms with Gasteiger partial charge < -0.3 is 0 Å². The number of hydrogen-bond donors (Lipinski definition) is 0. The van der Waals surface area contributed by atoms with Crippen molar-refractivity contribution < 1.29 is 19.2 Å². The van der Waals surface area contributed by atoms with Crippen LogP contribution in [0.3, 0.4) is 0 Å². The standard InChI is InChI=1S/C32H18O4S2/c33-26-10-11-27(34)24(26)17-19-1-3-20(4-2-19)31-15-16-32(38-31)22-7-5-21(6-8-22)30-14-9-23(37-30)18-25-28(35)12-13-29(25)36/h1-18H. The van der Waals surface area contributed by atoms with Gasteiger partial charge in [0.2, 0.25) is 0 Å². The molecule has 0 radical (unpaired) electrons. The van der Waals surface area contributed by atoms with Gasteiger partial charge in [-0.3, -0.25) is 19.2 Å². The minimum Gasteiger partial charge on any atom is -0.289 e. The van der Waals surface area contributed by atoms with E-state index in [0.717, 1.165) is 41.8 Å². The van der Waals surface area contributed by atoms with Gasteiger partial charge in [-0.1, -0.05) is 48.5 Å². The molecule has 0 unspecified atom stereocenters. The number of allylic oxidation sites excluding steroid dienone is 6. The third-order valence-corrected chi connectivity index (χ3v) is 8.58. The Balaban J connectivity index is 1.17. The summed E-state index contributed by atoms with van der Waals surface area (Å²) >= 11 is 3.23. The summed E-state index contributed by atoms with van der Waals surface area (Å²) in [5.74, 6) is -0.987. The predicted molar refractivity (Wildman–Crippen MR) is 153 cm³/mol. The summed E-state index contributed by atoms with van der Waals surface area (Å²) in [6.07, 6.45) is 8.53. The Morgan fingerprint density at radius 3 is 1.32 bits per heavy atom. The molecule has 0 atom stereocenters. The number of carbonyl (C=O) groups is 4. The van der Waals surface area contributed by atoms with E-state index in [4.69, 9.17) is 0 Å². The molecule has 6 rings (SSSR count). The van der Waals surface area contributed by atoms with Crippen LogP contribution in [-0.4, -0.2) is 23.1 Å². The van der Waals surface area contributed by atoms with Crippen LogP contribution in [0.2, 0.25) is 0 Å². The molecule has 2 aromatic carbocycles. The molecule has 0 spiro atoms. The molecule has 38 heavy (non-hydrogen) atoms. The minimum absolute atomic E-state index is 0.201. The van der Waals surface area contributed by atoms with Crippen molar-refractivity contribution in [1.29, 1.82) is 0 Å². The maximum atomic E-state index is 11.8. The normalized spacial score (nSPS) is 14.7. The molecule has 0 fully saturated rings. The number of hydrogen-bond acceptors (Lipinski definition) is 6. The van der Waals surface area contributed by atoms with Crippen LogP contribution < -0.4 is 0 Å². The van der Waals surface area contributed by atoms with Crippen LogP contribution in [0, 0.1) is 0 Å². The number of rotatable bonds is 5. The number of ketones is 4. The van der Waals surface area contributed by atoms with Crippen molar-refractivity contribution in [3.63, 3.8) is 0 Å². The average Bonchev–Trinajstić information content (AvgIpc) is 3.73. The molecule has 4 nitrogen and oxygen atoms in total. The van der Waals surface area contributed by atoms with E-state index < -0.39 is 0 Å². The van der Waals surface area contributed by atoms with Gasteiger partial charge in [-0.15, -0.1) is 22.7 Å². The van der Waals surface area contributed by atoms with Crippen LogP contribution >= 0.6 is 22.7 Å². The van der Waals surface area contributed by atoms with Gasteiger partial charge in [0.15, 0.2) is 23.1 Å². The minimum atomic E-state index is -0.251. The Kier molecular flexibility index (Phi) is 6.12. The first kappa shape index (κ1) is 23.9. The first-order chi connectivity index (χ1) is 18.4. The van der Waals surface area contributed by atoms with Crippen molar-refractivity contribution in [3.05, 3.63) is 119 Å². The van der Waals surface area contributed by atoms with Gasteiger partial charge in [0.25, 0.3) is 0 Å². The van der Waals surface area contributed by atoms with E-state index in [0.29, 0.717) is 0 Å². The maximum absolute atomic E-state index is 11.8. The number of benzene rings is 2. The second-order valence-electron chi connectivity index (χ2n) is 8.80. The van der Waals surface area contributed by atoms with E-state index in [1.165, 1.54) is 24.3 Å². The lowest BCUT2D eigenvalue weighted by Crippen LogP contribution is -2.00. The van der Waals surface area contributed by atoms with Crippen molar-refractivity contribution in [2.24, 2.45) is 0 Å². The van der Waals surface area contributed by atoms with Crippen LogP contribution in [0.25, 0.3) is 43.5 Å². The maximum Gasteiger partial charge on any atom is 0.189 e. The highest BCUT2D eigenvalue weighted by Gasteiger charge is 2.21. The molecule has 182 valence electrons. The van der Waals surface area contributed by atoms with E-state index in [2.05, 4.69) is 36.4 Å². The van der Waals surface area contributed by atoms with Gasteiger partial charge in [0, 0.05) is 19.5 Å². The summed E-state index contributed by atoms with van der Waals surface area (Å²) < 4.78 is 0. The zero-order chi connectivity index (χ0) is 26.2. The smallest absolute Gasteiger partial charge is 0.189 e. The fourth-order valence-corrected chi connectivity index (χ4v) is 6.25. The van der Waals surface area contributed by atoms with Crippen molar-refractivity contribution in [3.8, 4) is 31.3 Å². The Morgan fingerprint density at radius 1 is 0.421 bits per heavy atom. The van der Waals surface area contributed by atoms with Gasteiger partial charge in [-0.25, -0.2) is 0 Å². The highest BCUT2D eigenvalue weighted by atomic mass is 32.1. The quantitative estimate of drug-likeness (QED) is 0.206. The fraction of sp³-hybridized carbons (Fsp3) is 0. The summed E-state index contributed by atoms with van der Waals surface area (Å²) in [5.41, 5.74) is 4.48. The third kappa shape index (κ3) is 4.63. The van der Waals surface area contributed by atoms with E-state index >= 15 is 0 Å². The molecule has 4 aromatic rings. The summed E-state index contributed by atoms with van der Waals surface area (Å²) in [6, 6.07) is 24.3. The van der Waals surface area contributed by atoms with E-state index in [-0.39, 0.29) is 34.3 Å². The molecular weight excluding hydrogens is 512 g/mol. The van der Waals surface area contributed by atoms with Crippen LogP contribution in [0.4, 0.5) is 0 Å². The van der Waals surface area contributed by atoms with Crippen molar-refractivity contribution in [1.82, 2.24) is 0 Å². The lowest BCUT2D eigenvalue weighted by molar-refractivity contribution is -0.116. The lowest BCUT2D eigenvalue weighted by Gasteiger charge is -2.02. The molecule has 2 aliphatic rings. The molecule has 2 aliphatic carbocycles. The zero-order valence-electron chi connectivity index (χ0n) is 19.8. The summed E-state index contributed by atoms with van der Waals surface area (Å²) in [4.78, 5) is 51.5.